The van der Waals surface area contributed by atoms with Gasteiger partial charge >= 0.3 is 0 Å². The average molecular weight is 242 g/mol. The molecule has 17 heavy (non-hydrogen) atoms. The van der Waals surface area contributed by atoms with E-state index in [9.17, 15) is 0 Å². The Balaban J connectivity index is 2.45. The topological polar surface area (TPSA) is 65.1 Å². The third kappa shape index (κ3) is 4.16. The van der Waals surface area contributed by atoms with Gasteiger partial charge in [-0.2, -0.15) is 0 Å². The molecule has 1 aliphatic rings. The lowest BCUT2D eigenvalue weighted by molar-refractivity contribution is 0.0783. The lowest BCUT2D eigenvalue weighted by atomic mass is 10.1. The van der Waals surface area contributed by atoms with E-state index in [2.05, 4.69) is 35.7 Å². The van der Waals surface area contributed by atoms with Crippen LogP contribution in [0.15, 0.2) is 5.16 Å². The fourth-order valence-electron chi connectivity index (χ4n) is 2.43. The minimum absolute atomic E-state index is 0.336. The number of nitrogens with zero attached hydrogens (tertiary/aromatic N) is 3. The summed E-state index contributed by atoms with van der Waals surface area (Å²) in [7, 11) is 0. The Kier molecular flexibility index (Phi) is 5.71. The smallest absolute Gasteiger partial charge is 0.140 e. The maximum atomic E-state index is 8.63. The van der Waals surface area contributed by atoms with Gasteiger partial charge in [-0.15, -0.1) is 0 Å². The van der Waals surface area contributed by atoms with Crippen molar-refractivity contribution in [3.05, 3.63) is 0 Å². The van der Waals surface area contributed by atoms with Crippen molar-refractivity contribution in [1.82, 2.24) is 9.80 Å². The van der Waals surface area contributed by atoms with Gasteiger partial charge in [0.25, 0.3) is 0 Å². The number of hydrogen-bond acceptors (Lipinski definition) is 4. The summed E-state index contributed by atoms with van der Waals surface area (Å²) < 4.78 is 0. The van der Waals surface area contributed by atoms with Crippen molar-refractivity contribution in [3.63, 3.8) is 0 Å². The first-order chi connectivity index (χ1) is 8.08. The van der Waals surface area contributed by atoms with E-state index >= 15 is 0 Å². The Morgan fingerprint density at radius 3 is 2.18 bits per heavy atom. The summed E-state index contributed by atoms with van der Waals surface area (Å²) >= 11 is 0. The molecule has 5 nitrogen and oxygen atoms in total. The molecule has 1 saturated heterocycles. The van der Waals surface area contributed by atoms with Gasteiger partial charge in [0, 0.05) is 44.7 Å². The molecule has 0 radical (unpaired) electrons. The van der Waals surface area contributed by atoms with Gasteiger partial charge in [0.2, 0.25) is 0 Å². The zero-order valence-electron chi connectivity index (χ0n) is 11.3. The molecule has 0 spiro atoms. The second kappa shape index (κ2) is 6.81. The largest absolute Gasteiger partial charge is 0.409 e. The second-order valence-corrected chi connectivity index (χ2v) is 5.02. The Bertz CT molecular complexity index is 247. The molecule has 1 heterocycles. The van der Waals surface area contributed by atoms with Gasteiger partial charge in [0.15, 0.2) is 0 Å². The van der Waals surface area contributed by atoms with E-state index in [1.807, 2.05) is 0 Å². The van der Waals surface area contributed by atoms with E-state index in [0.29, 0.717) is 24.3 Å². The van der Waals surface area contributed by atoms with E-state index in [-0.39, 0.29) is 0 Å². The minimum atomic E-state index is 0.336. The minimum Gasteiger partial charge on any atom is -0.409 e. The van der Waals surface area contributed by atoms with Crippen LogP contribution in [0.3, 0.4) is 0 Å². The first kappa shape index (κ1) is 14.3. The first-order valence-corrected chi connectivity index (χ1v) is 6.53. The van der Waals surface area contributed by atoms with Crippen molar-refractivity contribution < 1.29 is 5.21 Å². The molecule has 3 N–H and O–H groups in total. The van der Waals surface area contributed by atoms with Crippen LogP contribution in [-0.4, -0.2) is 59.1 Å². The Morgan fingerprint density at radius 2 is 1.76 bits per heavy atom. The summed E-state index contributed by atoms with van der Waals surface area (Å²) in [4.78, 5) is 4.95. The Hall–Kier alpha value is -0.810. The lowest BCUT2D eigenvalue weighted by Crippen LogP contribution is -2.52. The van der Waals surface area contributed by atoms with E-state index in [4.69, 9.17) is 10.9 Å². The molecule has 0 aromatic heterocycles. The zero-order valence-corrected chi connectivity index (χ0v) is 11.3. The zero-order chi connectivity index (χ0) is 12.8. The molecule has 0 aliphatic carbocycles. The fourth-order valence-corrected chi connectivity index (χ4v) is 2.43. The van der Waals surface area contributed by atoms with E-state index < -0.39 is 0 Å². The van der Waals surface area contributed by atoms with Crippen molar-refractivity contribution >= 4 is 5.84 Å². The molecular weight excluding hydrogens is 216 g/mol. The fraction of sp³-hybridized carbons (Fsp3) is 0.917. The molecule has 1 aliphatic heterocycles. The summed E-state index contributed by atoms with van der Waals surface area (Å²) in [6.45, 7) is 11.0. The van der Waals surface area contributed by atoms with Crippen LogP contribution in [0.5, 0.6) is 0 Å². The molecule has 0 aromatic carbocycles. The summed E-state index contributed by atoms with van der Waals surface area (Å²) in [6.07, 6.45) is 1.70. The molecule has 1 atom stereocenters. The highest BCUT2D eigenvalue weighted by molar-refractivity contribution is 5.80. The Morgan fingerprint density at radius 1 is 1.24 bits per heavy atom. The molecule has 1 unspecified atom stereocenters. The standard InChI is InChI=1S/C12H26N4O/c1-4-11(9-12(13)14-17)16-7-5-15(6-8-16)10(2)3/h10-11,17H,4-9H2,1-3H3,(H2,13,14). The summed E-state index contributed by atoms with van der Waals surface area (Å²) in [5, 5.41) is 11.7. The van der Waals surface area contributed by atoms with Crippen molar-refractivity contribution in [1.29, 1.82) is 0 Å². The van der Waals surface area contributed by atoms with Crippen molar-refractivity contribution in [2.45, 2.75) is 45.7 Å². The maximum absolute atomic E-state index is 8.63. The molecule has 0 aromatic rings. The number of hydrogen-bond donors (Lipinski definition) is 2. The highest BCUT2D eigenvalue weighted by Gasteiger charge is 2.24. The van der Waals surface area contributed by atoms with Crippen LogP contribution in [0.4, 0.5) is 0 Å². The maximum Gasteiger partial charge on any atom is 0.140 e. The van der Waals surface area contributed by atoms with E-state index in [0.717, 1.165) is 32.6 Å². The lowest BCUT2D eigenvalue weighted by Gasteiger charge is -2.40. The van der Waals surface area contributed by atoms with Gasteiger partial charge in [-0.25, -0.2) is 0 Å². The van der Waals surface area contributed by atoms with Crippen LogP contribution < -0.4 is 5.73 Å². The number of amidine groups is 1. The van der Waals surface area contributed by atoms with Crippen LogP contribution in [0, 0.1) is 0 Å². The third-order valence-corrected chi connectivity index (χ3v) is 3.64. The van der Waals surface area contributed by atoms with E-state index in [1.165, 1.54) is 0 Å². The molecule has 0 saturated carbocycles. The highest BCUT2D eigenvalue weighted by atomic mass is 16.4. The number of oxime groups is 1. The van der Waals surface area contributed by atoms with Gasteiger partial charge < -0.3 is 10.9 Å². The van der Waals surface area contributed by atoms with Gasteiger partial charge in [-0.1, -0.05) is 12.1 Å². The van der Waals surface area contributed by atoms with Crippen LogP contribution >= 0.6 is 0 Å². The molecular formula is C12H26N4O. The highest BCUT2D eigenvalue weighted by Crippen LogP contribution is 2.13. The summed E-state index contributed by atoms with van der Waals surface area (Å²) in [5.41, 5.74) is 5.59. The second-order valence-electron chi connectivity index (χ2n) is 5.02. The predicted octanol–water partition coefficient (Wildman–Crippen LogP) is 0.928. The summed E-state index contributed by atoms with van der Waals surface area (Å²) in [5.74, 6) is 0.336. The van der Waals surface area contributed by atoms with Gasteiger partial charge in [0.05, 0.1) is 0 Å². The summed E-state index contributed by atoms with van der Waals surface area (Å²) in [6, 6.07) is 1.03. The van der Waals surface area contributed by atoms with Crippen molar-refractivity contribution in [3.8, 4) is 0 Å². The number of piperazine rings is 1. The molecule has 0 amide bonds. The third-order valence-electron chi connectivity index (χ3n) is 3.64. The average Bonchev–Trinajstić information content (AvgIpc) is 2.35. The molecule has 0 bridgehead atoms. The van der Waals surface area contributed by atoms with Gasteiger partial charge in [-0.05, 0) is 20.3 Å². The Labute approximate surface area is 104 Å². The quantitative estimate of drug-likeness (QED) is 0.326. The number of rotatable bonds is 5. The molecule has 100 valence electrons. The SMILES string of the molecule is CCC(C/C(N)=N/O)N1CCN(C(C)C)CC1. The first-order valence-electron chi connectivity index (χ1n) is 6.53. The molecule has 1 rings (SSSR count). The van der Waals surface area contributed by atoms with Gasteiger partial charge in [0.1, 0.15) is 5.84 Å². The van der Waals surface area contributed by atoms with Gasteiger partial charge in [-0.3, -0.25) is 9.80 Å². The van der Waals surface area contributed by atoms with E-state index in [1.54, 1.807) is 0 Å². The number of nitrogens with two attached hydrogens (primary N) is 1. The van der Waals surface area contributed by atoms with Crippen LogP contribution in [-0.2, 0) is 0 Å². The van der Waals surface area contributed by atoms with Crippen LogP contribution in [0.2, 0.25) is 0 Å². The van der Waals surface area contributed by atoms with Crippen LogP contribution in [0.25, 0.3) is 0 Å². The van der Waals surface area contributed by atoms with Crippen LogP contribution in [0.1, 0.15) is 33.6 Å². The van der Waals surface area contributed by atoms with Crippen molar-refractivity contribution in [2.24, 2.45) is 10.9 Å². The predicted molar refractivity (Wildman–Crippen MR) is 70.4 cm³/mol. The normalized spacial score (nSPS) is 22.0. The molecule has 5 heteroatoms. The van der Waals surface area contributed by atoms with Crippen molar-refractivity contribution in [2.75, 3.05) is 26.2 Å². The molecule has 1 fully saturated rings. The monoisotopic (exact) mass is 242 g/mol.